The number of nitrogens with zero attached hydrogens (tertiary/aromatic N) is 2. The third-order valence-electron chi connectivity index (χ3n) is 3.28. The summed E-state index contributed by atoms with van der Waals surface area (Å²) >= 11 is 0. The smallest absolute Gasteiger partial charge is 0.356 e. The van der Waals surface area contributed by atoms with Crippen LogP contribution >= 0.6 is 0 Å². The summed E-state index contributed by atoms with van der Waals surface area (Å²) < 4.78 is 12.7. The van der Waals surface area contributed by atoms with Crippen molar-refractivity contribution in [3.8, 4) is 0 Å². The number of aromatic amines is 1. The van der Waals surface area contributed by atoms with Crippen molar-refractivity contribution in [3.63, 3.8) is 0 Å². The molecule has 0 spiro atoms. The van der Waals surface area contributed by atoms with Crippen molar-refractivity contribution in [2.24, 2.45) is 0 Å². The minimum absolute atomic E-state index is 0.0857. The molecule has 0 radical (unpaired) electrons. The first-order valence-corrected chi connectivity index (χ1v) is 5.56. The van der Waals surface area contributed by atoms with Gasteiger partial charge in [-0.2, -0.15) is 9.49 Å². The van der Waals surface area contributed by atoms with Crippen LogP contribution in [0.5, 0.6) is 0 Å². The predicted octanol–water partition coefficient (Wildman–Crippen LogP) is 1.52. The molecule has 0 amide bonds. The number of H-pyrrole nitrogens is 1. The summed E-state index contributed by atoms with van der Waals surface area (Å²) in [7, 11) is 0. The minimum atomic E-state index is -1.02. The topological polar surface area (TPSA) is 78.9 Å². The Kier molecular flexibility index (Phi) is 2.36. The number of carboxylic acid groups (broad SMARTS) is 1. The summed E-state index contributed by atoms with van der Waals surface area (Å²) in [5.41, 5.74) is 2.60. The zero-order valence-electron chi connectivity index (χ0n) is 9.35. The second-order valence-electron chi connectivity index (χ2n) is 4.35. The van der Waals surface area contributed by atoms with Crippen molar-refractivity contribution >= 4 is 5.97 Å². The van der Waals surface area contributed by atoms with E-state index in [1.165, 1.54) is 12.3 Å². The Labute approximate surface area is 102 Å². The molecule has 1 aliphatic rings. The molecule has 0 saturated heterocycles. The molecule has 2 heterocycles. The molecule has 5 nitrogen and oxygen atoms in total. The van der Waals surface area contributed by atoms with E-state index >= 15 is 0 Å². The first-order valence-electron chi connectivity index (χ1n) is 5.56. The molecule has 1 unspecified atom stereocenters. The summed E-state index contributed by atoms with van der Waals surface area (Å²) in [6.07, 6.45) is 2.78. The zero-order chi connectivity index (χ0) is 12.7. The fourth-order valence-corrected chi connectivity index (χ4v) is 2.40. The van der Waals surface area contributed by atoms with E-state index in [4.69, 9.17) is 5.11 Å². The van der Waals surface area contributed by atoms with Gasteiger partial charge in [0.2, 0.25) is 5.95 Å². The van der Waals surface area contributed by atoms with Gasteiger partial charge in [-0.15, -0.1) is 0 Å². The highest BCUT2D eigenvalue weighted by molar-refractivity contribution is 5.87. The average molecular weight is 247 g/mol. The quantitative estimate of drug-likeness (QED) is 0.789. The molecule has 2 aromatic heterocycles. The predicted molar refractivity (Wildman–Crippen MR) is 59.9 cm³/mol. The molecular weight excluding hydrogens is 237 g/mol. The van der Waals surface area contributed by atoms with Crippen molar-refractivity contribution in [3.05, 3.63) is 46.8 Å². The van der Waals surface area contributed by atoms with Gasteiger partial charge < -0.3 is 5.11 Å². The van der Waals surface area contributed by atoms with Crippen LogP contribution in [0.15, 0.2) is 18.3 Å². The highest BCUT2D eigenvalue weighted by Gasteiger charge is 2.30. The molecule has 0 saturated carbocycles. The molecule has 92 valence electrons. The number of carboxylic acids is 1. The molecule has 18 heavy (non-hydrogen) atoms. The number of aromatic carboxylic acids is 1. The minimum Gasteiger partial charge on any atom is -0.476 e. The molecule has 0 aromatic carbocycles. The van der Waals surface area contributed by atoms with Crippen molar-refractivity contribution in [1.29, 1.82) is 0 Å². The van der Waals surface area contributed by atoms with E-state index in [-0.39, 0.29) is 11.6 Å². The van der Waals surface area contributed by atoms with Crippen LogP contribution in [0, 0.1) is 5.95 Å². The van der Waals surface area contributed by atoms with Gasteiger partial charge in [0.15, 0.2) is 5.69 Å². The van der Waals surface area contributed by atoms with Gasteiger partial charge in [-0.3, -0.25) is 5.10 Å². The van der Waals surface area contributed by atoms with E-state index in [9.17, 15) is 9.18 Å². The molecule has 1 aliphatic carbocycles. The Bertz CT molecular complexity index is 606. The normalized spacial score (nSPS) is 17.7. The summed E-state index contributed by atoms with van der Waals surface area (Å²) in [5.74, 6) is -1.39. The summed E-state index contributed by atoms with van der Waals surface area (Å²) in [6, 6.07) is 3.01. The lowest BCUT2D eigenvalue weighted by Gasteiger charge is -2.08. The third kappa shape index (κ3) is 1.66. The first-order chi connectivity index (χ1) is 8.65. The van der Waals surface area contributed by atoms with E-state index in [1.807, 2.05) is 0 Å². The van der Waals surface area contributed by atoms with Crippen LogP contribution in [0.4, 0.5) is 4.39 Å². The van der Waals surface area contributed by atoms with Crippen LogP contribution in [-0.4, -0.2) is 26.3 Å². The highest BCUT2D eigenvalue weighted by atomic mass is 19.1. The maximum absolute atomic E-state index is 12.7. The molecule has 0 fully saturated rings. The highest BCUT2D eigenvalue weighted by Crippen LogP contribution is 2.34. The Morgan fingerprint density at radius 3 is 2.94 bits per heavy atom. The lowest BCUT2D eigenvalue weighted by molar-refractivity contribution is 0.0689. The fourth-order valence-electron chi connectivity index (χ4n) is 2.40. The standard InChI is InChI=1S/C12H10FN3O2/c13-10-2-1-6(5-14-10)7-3-8-9(4-7)15-16-11(8)12(17)18/h1-2,5,7H,3-4H2,(H,15,16)(H,17,18). The van der Waals surface area contributed by atoms with Gasteiger partial charge in [0.05, 0.1) is 0 Å². The van der Waals surface area contributed by atoms with Crippen LogP contribution in [0.3, 0.4) is 0 Å². The van der Waals surface area contributed by atoms with Gasteiger partial charge in [0, 0.05) is 17.5 Å². The largest absolute Gasteiger partial charge is 0.476 e. The maximum Gasteiger partial charge on any atom is 0.356 e. The SMILES string of the molecule is O=C(O)c1n[nH]c2c1CC(c1ccc(F)nc1)C2. The van der Waals surface area contributed by atoms with Crippen LogP contribution in [-0.2, 0) is 12.8 Å². The number of hydrogen-bond acceptors (Lipinski definition) is 3. The fraction of sp³-hybridized carbons (Fsp3) is 0.250. The Morgan fingerprint density at radius 1 is 1.44 bits per heavy atom. The van der Waals surface area contributed by atoms with Crippen LogP contribution < -0.4 is 0 Å². The summed E-state index contributed by atoms with van der Waals surface area (Å²) in [6.45, 7) is 0. The van der Waals surface area contributed by atoms with Crippen molar-refractivity contribution < 1.29 is 14.3 Å². The van der Waals surface area contributed by atoms with Crippen LogP contribution in [0.1, 0.15) is 33.2 Å². The van der Waals surface area contributed by atoms with E-state index < -0.39 is 11.9 Å². The van der Waals surface area contributed by atoms with Gasteiger partial charge in [-0.1, -0.05) is 6.07 Å². The van der Waals surface area contributed by atoms with Crippen LogP contribution in [0.25, 0.3) is 0 Å². The second kappa shape index (κ2) is 3.90. The van der Waals surface area contributed by atoms with Crippen molar-refractivity contribution in [2.75, 3.05) is 0 Å². The van der Waals surface area contributed by atoms with E-state index in [1.54, 1.807) is 6.07 Å². The summed E-state index contributed by atoms with van der Waals surface area (Å²) in [5, 5.41) is 15.5. The Morgan fingerprint density at radius 2 is 2.28 bits per heavy atom. The molecule has 2 aromatic rings. The maximum atomic E-state index is 12.7. The van der Waals surface area contributed by atoms with Gasteiger partial charge in [-0.25, -0.2) is 9.78 Å². The van der Waals surface area contributed by atoms with E-state index in [0.717, 1.165) is 16.8 Å². The lowest BCUT2D eigenvalue weighted by Crippen LogP contribution is -2.04. The molecule has 2 N–H and O–H groups in total. The monoisotopic (exact) mass is 247 g/mol. The van der Waals surface area contributed by atoms with Crippen LogP contribution in [0.2, 0.25) is 0 Å². The van der Waals surface area contributed by atoms with E-state index in [2.05, 4.69) is 15.2 Å². The number of fused-ring (bicyclic) bond motifs is 1. The lowest BCUT2D eigenvalue weighted by atomic mass is 9.98. The Balaban J connectivity index is 1.89. The first kappa shape index (κ1) is 10.9. The number of aromatic nitrogens is 3. The molecule has 1 atom stereocenters. The molecule has 0 bridgehead atoms. The zero-order valence-corrected chi connectivity index (χ0v) is 9.35. The van der Waals surface area contributed by atoms with Gasteiger partial charge in [0.1, 0.15) is 0 Å². The number of nitrogens with one attached hydrogen (secondary N) is 1. The van der Waals surface area contributed by atoms with Gasteiger partial charge in [-0.05, 0) is 30.4 Å². The average Bonchev–Trinajstić information content (AvgIpc) is 2.88. The molecule has 6 heteroatoms. The summed E-state index contributed by atoms with van der Waals surface area (Å²) in [4.78, 5) is 14.6. The van der Waals surface area contributed by atoms with Gasteiger partial charge >= 0.3 is 5.97 Å². The second-order valence-corrected chi connectivity index (χ2v) is 4.35. The molecular formula is C12H10FN3O2. The van der Waals surface area contributed by atoms with Gasteiger partial charge in [0.25, 0.3) is 0 Å². The van der Waals surface area contributed by atoms with Crippen molar-refractivity contribution in [2.45, 2.75) is 18.8 Å². The third-order valence-corrected chi connectivity index (χ3v) is 3.28. The number of carbonyl (C=O) groups is 1. The van der Waals surface area contributed by atoms with E-state index in [0.29, 0.717) is 12.8 Å². The number of pyridine rings is 1. The number of rotatable bonds is 2. The Hall–Kier alpha value is -2.24. The van der Waals surface area contributed by atoms with Crippen molar-refractivity contribution in [1.82, 2.24) is 15.2 Å². The number of halogens is 1. The number of hydrogen-bond donors (Lipinski definition) is 2. The molecule has 0 aliphatic heterocycles. The molecule has 3 rings (SSSR count).